The summed E-state index contributed by atoms with van der Waals surface area (Å²) in [7, 11) is -9.03. The lowest BCUT2D eigenvalue weighted by Gasteiger charge is -2.42. The number of aryl methyl sites for hydroxylation is 2. The number of amides is 4. The Labute approximate surface area is 598 Å². The molecule has 4 saturated heterocycles. The van der Waals surface area contributed by atoms with Gasteiger partial charge in [0.15, 0.2) is 0 Å². The zero-order valence-electron chi connectivity index (χ0n) is 54.2. The van der Waals surface area contributed by atoms with Crippen molar-refractivity contribution in [1.29, 1.82) is 0 Å². The van der Waals surface area contributed by atoms with E-state index in [2.05, 4.69) is 13.8 Å². The van der Waals surface area contributed by atoms with Crippen molar-refractivity contribution in [3.05, 3.63) is 294 Å². The Kier molecular flexibility index (Phi) is 23.5. The molecule has 12 rings (SSSR count). The van der Waals surface area contributed by atoms with Crippen LogP contribution < -0.4 is 0 Å². The molecule has 0 aromatic heterocycles. The number of hydrogen-bond donors (Lipinski definition) is 0. The van der Waals surface area contributed by atoms with E-state index in [1.807, 2.05) is 59.0 Å². The third kappa shape index (κ3) is 15.0. The molecule has 4 aliphatic rings. The van der Waals surface area contributed by atoms with Crippen molar-refractivity contribution < 1.29 is 64.6 Å². The van der Waals surface area contributed by atoms with Crippen LogP contribution >= 0.6 is 45.2 Å². The van der Waals surface area contributed by atoms with E-state index in [4.69, 9.17) is 18.9 Å². The molecule has 4 heterocycles. The highest BCUT2D eigenvalue weighted by molar-refractivity contribution is 14.1. The first-order valence-corrected chi connectivity index (χ1v) is 37.0. The van der Waals surface area contributed by atoms with Crippen molar-refractivity contribution in [2.45, 2.75) is 113 Å². The Morgan fingerprint density at radius 1 is 0.429 bits per heavy atom. The summed E-state index contributed by atoms with van der Waals surface area (Å²) in [5, 5.41) is 0. The molecular formula is C76H72I2N4O14S2. The van der Waals surface area contributed by atoms with E-state index in [1.165, 1.54) is 49.9 Å². The van der Waals surface area contributed by atoms with Gasteiger partial charge in [-0.1, -0.05) is 233 Å². The number of rotatable bonds is 19. The molecule has 4 fully saturated rings. The van der Waals surface area contributed by atoms with Crippen LogP contribution in [-0.4, -0.2) is 84.0 Å². The summed E-state index contributed by atoms with van der Waals surface area (Å²) in [5.41, 5.74) is 3.96. The maximum atomic E-state index is 15.0. The number of likely N-dealkylation sites (tertiary alicyclic amines) is 2. The molecule has 0 bridgehead atoms. The summed E-state index contributed by atoms with van der Waals surface area (Å²) >= 11 is 3.95. The van der Waals surface area contributed by atoms with Crippen LogP contribution in [0.1, 0.15) is 131 Å². The van der Waals surface area contributed by atoms with E-state index in [9.17, 15) is 45.6 Å². The number of imide groups is 2. The summed E-state index contributed by atoms with van der Waals surface area (Å²) < 4.78 is 87.8. The normalized spacial score (nSPS) is 20.5. The van der Waals surface area contributed by atoms with Gasteiger partial charge in [0.2, 0.25) is 43.7 Å². The second-order valence-electron chi connectivity index (χ2n) is 23.4. The first-order valence-electron chi connectivity index (χ1n) is 31.9. The molecule has 18 nitrogen and oxygen atoms in total. The molecule has 4 aliphatic heterocycles. The van der Waals surface area contributed by atoms with Crippen molar-refractivity contribution in [2.75, 3.05) is 13.2 Å². The van der Waals surface area contributed by atoms with Crippen LogP contribution in [0.3, 0.4) is 0 Å². The highest BCUT2D eigenvalue weighted by Crippen LogP contribution is 2.58. The Bertz CT molecular complexity index is 4160. The number of nitrogens with zero attached hydrogens (tertiary/aromatic N) is 4. The number of unbranched alkanes of at least 4 members (excludes halogenated alkanes) is 3. The zero-order valence-corrected chi connectivity index (χ0v) is 60.2. The third-order valence-corrected chi connectivity index (χ3v) is 22.0. The molecule has 0 radical (unpaired) electrons. The molecule has 0 unspecified atom stereocenters. The van der Waals surface area contributed by atoms with Crippen LogP contribution in [0.15, 0.2) is 259 Å². The van der Waals surface area contributed by atoms with E-state index in [-0.39, 0.29) is 71.3 Å². The van der Waals surface area contributed by atoms with E-state index in [0.29, 0.717) is 29.4 Å². The monoisotopic (exact) mass is 1580 g/mol. The average Bonchev–Trinajstić information content (AvgIpc) is 1.53. The second-order valence-corrected chi connectivity index (χ2v) is 29.6. The number of ether oxygens (including phenoxy) is 4. The first-order chi connectivity index (χ1) is 47.2. The third-order valence-electron chi connectivity index (χ3n) is 16.6. The lowest BCUT2D eigenvalue weighted by molar-refractivity contribution is -0.188. The minimum absolute atomic E-state index is 0.0474. The number of esters is 2. The first kappa shape index (κ1) is 72.1. The van der Waals surface area contributed by atoms with Gasteiger partial charge in [-0.2, -0.15) is 0 Å². The predicted octanol–water partition coefficient (Wildman–Crippen LogP) is 15.0. The predicted molar refractivity (Wildman–Crippen MR) is 385 cm³/mol. The molecular weight excluding hydrogens is 1510 g/mol. The molecule has 0 aliphatic carbocycles. The molecule has 98 heavy (non-hydrogen) atoms. The highest BCUT2D eigenvalue weighted by Gasteiger charge is 2.68. The summed E-state index contributed by atoms with van der Waals surface area (Å²) in [6.45, 7) is 7.65. The number of benzene rings is 8. The number of halogens is 2. The highest BCUT2D eigenvalue weighted by atomic mass is 127. The van der Waals surface area contributed by atoms with Crippen molar-refractivity contribution in [1.82, 2.24) is 18.4 Å². The maximum Gasteiger partial charge on any atom is 0.338 e. The van der Waals surface area contributed by atoms with Gasteiger partial charge in [0.05, 0.1) is 28.1 Å². The van der Waals surface area contributed by atoms with Crippen LogP contribution in [0.5, 0.6) is 0 Å². The van der Waals surface area contributed by atoms with Crippen molar-refractivity contribution in [3.63, 3.8) is 0 Å². The fourth-order valence-corrected chi connectivity index (χ4v) is 16.5. The summed E-state index contributed by atoms with van der Waals surface area (Å²) in [6, 6.07) is 61.8. The molecule has 506 valence electrons. The average molecular weight is 1580 g/mol. The van der Waals surface area contributed by atoms with Gasteiger partial charge in [-0.3, -0.25) is 19.2 Å². The van der Waals surface area contributed by atoms with Crippen LogP contribution in [0.2, 0.25) is 0 Å². The van der Waals surface area contributed by atoms with Gasteiger partial charge in [-0.05, 0) is 119 Å². The van der Waals surface area contributed by atoms with Crippen molar-refractivity contribution in [2.24, 2.45) is 0 Å². The smallest absolute Gasteiger partial charge is 0.338 e. The lowest BCUT2D eigenvalue weighted by atomic mass is 10.0. The molecule has 0 saturated carbocycles. The van der Waals surface area contributed by atoms with Crippen molar-refractivity contribution in [3.8, 4) is 0 Å². The van der Waals surface area contributed by atoms with Crippen molar-refractivity contribution >= 4 is 101 Å². The van der Waals surface area contributed by atoms with Crippen LogP contribution in [0.25, 0.3) is 0 Å². The number of carbonyl (C=O) groups is 6. The Balaban J connectivity index is 0.000000196. The molecule has 8 aromatic rings. The molecule has 4 atom stereocenters. The fraction of sp³-hybridized carbons (Fsp3) is 0.237. The summed E-state index contributed by atoms with van der Waals surface area (Å²) in [4.78, 5) is 82.0. The molecule has 22 heteroatoms. The number of hydrogen-bond acceptors (Lipinski definition) is 14. The minimum atomic E-state index is -4.52. The van der Waals surface area contributed by atoms with Gasteiger partial charge in [0, 0.05) is 36.8 Å². The minimum Gasteiger partial charge on any atom is -0.457 e. The topological polar surface area (TPSA) is 221 Å². The number of sulfonamides is 2. The van der Waals surface area contributed by atoms with Crippen LogP contribution in [0.4, 0.5) is 0 Å². The van der Waals surface area contributed by atoms with Gasteiger partial charge < -0.3 is 18.9 Å². The zero-order chi connectivity index (χ0) is 69.8. The van der Waals surface area contributed by atoms with E-state index >= 15 is 0 Å². The number of carbonyl (C=O) groups excluding carboxylic acids is 6. The SMILES string of the molecule is CCCCCC.Cc1ccc(S(=O)(=O)N2[C@@H](c3ccccc3)/C(=C(\I)COC(=O)c3ccccc3)O[C@]2(c2ccccc2)N2C(=O)CCC2=O)cc1.Cc1ccc(S(=O)(=O)N2[C@H](c3ccccc3)/C(=C(\I)COC(=O)c3ccccc3)O[C@@]2(c2ccccc2)N2C(=O)CCC2=O)cc1. The Hall–Kier alpha value is -8.66. The van der Waals surface area contributed by atoms with E-state index in [0.717, 1.165) is 29.5 Å². The molecule has 0 spiro atoms. The fourth-order valence-electron chi connectivity index (χ4n) is 11.8. The Morgan fingerprint density at radius 3 is 0.990 bits per heavy atom. The van der Waals surface area contributed by atoms with Gasteiger partial charge in [-0.15, -0.1) is 8.61 Å². The van der Waals surface area contributed by atoms with Crippen LogP contribution in [0, 0.1) is 13.8 Å². The van der Waals surface area contributed by atoms with Crippen LogP contribution in [-0.2, 0) is 69.9 Å². The standard InChI is InChI=1S/2C35H29IN2O7S.C6H14/c2*1-24-17-19-28(20-18-24)46(42,43)38-32(25-11-5-2-6-12-25)33(29(36)23-44-34(41)26-13-7-3-8-14-26)45-35(38,27-15-9-4-10-16-27)37-30(39)21-22-31(37)40;1-3-5-6-4-2/h2*2-20,32H,21-23H2,1H3;3-6H2,1-2H3/b2*33-29+;/t2*32-,35+;/m10./s1. The lowest BCUT2D eigenvalue weighted by Crippen LogP contribution is -2.59. The summed E-state index contributed by atoms with van der Waals surface area (Å²) in [6.07, 6.45) is 5.13. The van der Waals surface area contributed by atoms with E-state index < -0.39 is 79.4 Å². The quantitative estimate of drug-likeness (QED) is 0.0318. The second kappa shape index (κ2) is 31.9. The van der Waals surface area contributed by atoms with Gasteiger partial charge in [0.25, 0.3) is 11.7 Å². The van der Waals surface area contributed by atoms with E-state index in [1.54, 1.807) is 206 Å². The maximum absolute atomic E-state index is 15.0. The Morgan fingerprint density at radius 2 is 0.704 bits per heavy atom. The molecule has 0 N–H and O–H groups in total. The summed E-state index contributed by atoms with van der Waals surface area (Å²) in [5.74, 6) is -7.65. The largest absolute Gasteiger partial charge is 0.457 e. The van der Waals surface area contributed by atoms with Gasteiger partial charge in [-0.25, -0.2) is 36.2 Å². The van der Waals surface area contributed by atoms with Gasteiger partial charge in [0.1, 0.15) is 36.8 Å². The van der Waals surface area contributed by atoms with Gasteiger partial charge >= 0.3 is 11.9 Å². The molecule has 4 amide bonds. The molecule has 8 aromatic carbocycles.